The zero-order valence-corrected chi connectivity index (χ0v) is 41.3. The predicted molar refractivity (Wildman–Crippen MR) is 284 cm³/mol. The monoisotopic (exact) mass is 911 g/mol. The zero-order chi connectivity index (χ0) is 41.9. The van der Waals surface area contributed by atoms with E-state index in [0.717, 1.165) is 54.9 Å². The first-order chi connectivity index (χ1) is 29.1. The molecular weight excluding hydrogens is 835 g/mol. The van der Waals surface area contributed by atoms with E-state index >= 15 is 0 Å². The molecule has 9 unspecified atom stereocenters. The van der Waals surface area contributed by atoms with E-state index in [4.69, 9.17) is 12.8 Å². The van der Waals surface area contributed by atoms with Crippen molar-refractivity contribution in [2.75, 3.05) is 0 Å². The van der Waals surface area contributed by atoms with E-state index in [9.17, 15) is 0 Å². The molecule has 4 aliphatic rings. The van der Waals surface area contributed by atoms with Gasteiger partial charge in [-0.15, -0.1) is 12.8 Å². The molecule has 0 aliphatic heterocycles. The number of hydrogen-bond acceptors (Lipinski definition) is 0. The van der Waals surface area contributed by atoms with Crippen molar-refractivity contribution in [3.05, 3.63) is 107 Å². The first-order valence-corrected chi connectivity index (χ1v) is 21.5. The number of rotatable bonds is 6. The van der Waals surface area contributed by atoms with E-state index in [1.165, 1.54) is 68.9 Å². The Labute approximate surface area is 416 Å². The maximum absolute atomic E-state index is 5.09. The fourth-order valence-electron chi connectivity index (χ4n) is 10.5. The third kappa shape index (κ3) is 18.9. The van der Waals surface area contributed by atoms with Gasteiger partial charge in [-0.1, -0.05) is 142 Å². The van der Waals surface area contributed by atoms with Gasteiger partial charge in [0.25, 0.3) is 0 Å². The van der Waals surface area contributed by atoms with Crippen LogP contribution < -0.4 is 0 Å². The first kappa shape index (κ1) is 57.7. The Bertz CT molecular complexity index is 2320. The van der Waals surface area contributed by atoms with E-state index in [-0.39, 0.29) is 57.0 Å². The molecule has 2 aromatic rings. The van der Waals surface area contributed by atoms with Crippen LogP contribution in [0.1, 0.15) is 97.7 Å². The van der Waals surface area contributed by atoms with Crippen LogP contribution in [0.5, 0.6) is 0 Å². The second kappa shape index (κ2) is 34.2. The minimum atomic E-state index is 0. The molecule has 2 aromatic carbocycles. The van der Waals surface area contributed by atoms with Crippen molar-refractivity contribution in [3.63, 3.8) is 0 Å². The Morgan fingerprint density at radius 1 is 0.603 bits per heavy atom. The van der Waals surface area contributed by atoms with Gasteiger partial charge in [0.05, 0.1) is 0 Å². The van der Waals surface area contributed by atoms with E-state index in [1.807, 2.05) is 6.07 Å². The van der Waals surface area contributed by atoms with E-state index < -0.39 is 0 Å². The van der Waals surface area contributed by atoms with Crippen LogP contribution in [-0.2, 0) is 32.6 Å². The number of terminal acetylenes is 2. The molecule has 0 heterocycles. The quantitative estimate of drug-likeness (QED) is 0.154. The Kier molecular flexibility index (Phi) is 31.4. The van der Waals surface area contributed by atoms with Crippen LogP contribution in [0.4, 0.5) is 0 Å². The number of aryl methyl sites for hydroxylation is 1. The fraction of sp³-hybridized carbons (Fsp3) is 0.377. The average molecular weight is 912 g/mol. The smallest absolute Gasteiger partial charge is 0.358 e. The standard InChI is InChI=1S/C40H35B.C16H16.C2H5.3CH3.Zr.6H2/c1-5-7-9-11-13-15-17-19-23-33-25-21-27-36-35(33)29-30-39(36)41(4)40-32(3)31-38-34(26-22-28-37(38)40)24-20-18-16-14-12-10-8-6-2;1-3-9-15(10-4-1)13-7-8-14-16-11-5-2-6-12-16;1-2;;;;;;;;;;/h1-2,32-40H,21-22,25-31H2,3-4H3;1-7,9-13H,8,14H2;1H2,2H3;3*1H3;;6*1H/q;;4*-1;+4;;;;;;/b;13-7+;;;;;;;;;;;. The van der Waals surface area contributed by atoms with Gasteiger partial charge < -0.3 is 29.2 Å². The van der Waals surface area contributed by atoms with Crippen molar-refractivity contribution >= 4 is 12.8 Å². The molecule has 0 saturated heterocycles. The summed E-state index contributed by atoms with van der Waals surface area (Å²) in [5, 5.41) is 0. The SMILES string of the molecule is C#CC#CC#CC#CC#CC1CCCC2C(B(C)C3C(C)CC4C(C#CC#CC#CC#CC#C)CCCC43)CCC12.C(=C\c1ccccc1)/CCc1ccccc1.[CH2-]C.[CH3-].[CH3-].[CH3-].[HH].[HH].[HH].[HH].[HH].[HH].[Zr+4]. The molecule has 63 heavy (non-hydrogen) atoms. The summed E-state index contributed by atoms with van der Waals surface area (Å²) < 4.78 is 0. The molecule has 6 rings (SSSR count). The molecule has 9 atom stereocenters. The maximum Gasteiger partial charge on any atom is 4.00 e. The molecule has 2 heteroatoms. The van der Waals surface area contributed by atoms with Crippen molar-refractivity contribution in [2.45, 2.75) is 103 Å². The Hall–Kier alpha value is -5.27. The fourth-order valence-corrected chi connectivity index (χ4v) is 10.5. The van der Waals surface area contributed by atoms with Crippen molar-refractivity contribution < 1.29 is 34.8 Å². The molecule has 0 amide bonds. The molecule has 0 bridgehead atoms. The molecular formula is C61H77BZr. The molecule has 0 aromatic heterocycles. The van der Waals surface area contributed by atoms with Gasteiger partial charge in [-0.25, -0.2) is 0 Å². The summed E-state index contributed by atoms with van der Waals surface area (Å²) in [6.07, 6.45) is 28.5. The first-order valence-electron chi connectivity index (χ1n) is 21.5. The molecule has 0 nitrogen and oxygen atoms in total. The molecule has 4 aliphatic carbocycles. The van der Waals surface area contributed by atoms with Crippen LogP contribution in [0, 0.1) is 190 Å². The molecule has 0 radical (unpaired) electrons. The van der Waals surface area contributed by atoms with Crippen LogP contribution >= 0.6 is 0 Å². The van der Waals surface area contributed by atoms with Crippen molar-refractivity contribution in [1.82, 2.24) is 0 Å². The van der Waals surface area contributed by atoms with Gasteiger partial charge in [-0.3, -0.25) is 0 Å². The van der Waals surface area contributed by atoms with Crippen molar-refractivity contribution in [3.8, 4) is 119 Å². The summed E-state index contributed by atoms with van der Waals surface area (Å²) in [6.45, 7) is 10.9. The zero-order valence-electron chi connectivity index (χ0n) is 38.8. The summed E-state index contributed by atoms with van der Waals surface area (Å²) in [5.41, 5.74) is 2.68. The Balaban J connectivity index is -0.000000236. The Morgan fingerprint density at radius 2 is 1.08 bits per heavy atom. The van der Waals surface area contributed by atoms with Gasteiger partial charge in [0.2, 0.25) is 0 Å². The van der Waals surface area contributed by atoms with E-state index in [1.54, 1.807) is 6.92 Å². The van der Waals surface area contributed by atoms with Crippen LogP contribution in [0.15, 0.2) is 66.7 Å². The summed E-state index contributed by atoms with van der Waals surface area (Å²) in [6, 6.07) is 21.0. The molecule has 4 fully saturated rings. The average Bonchev–Trinajstić information content (AvgIpc) is 3.87. The van der Waals surface area contributed by atoms with E-state index in [0.29, 0.717) is 17.8 Å². The van der Waals surface area contributed by atoms with Gasteiger partial charge in [0.1, 0.15) is 6.71 Å². The van der Waals surface area contributed by atoms with Gasteiger partial charge in [-0.05, 0) is 174 Å². The van der Waals surface area contributed by atoms with E-state index in [2.05, 4.69) is 194 Å². The molecule has 328 valence electrons. The van der Waals surface area contributed by atoms with Gasteiger partial charge in [0, 0.05) is 20.4 Å². The maximum atomic E-state index is 5.09. The van der Waals surface area contributed by atoms with Gasteiger partial charge >= 0.3 is 26.2 Å². The van der Waals surface area contributed by atoms with Crippen molar-refractivity contribution in [1.29, 1.82) is 0 Å². The normalized spacial score (nSPS) is 23.2. The summed E-state index contributed by atoms with van der Waals surface area (Å²) in [5.74, 6) is 56.1. The number of allylic oxidation sites excluding steroid dienone is 1. The second-order valence-electron chi connectivity index (χ2n) is 15.8. The third-order valence-electron chi connectivity index (χ3n) is 12.7. The van der Waals surface area contributed by atoms with Crippen LogP contribution in [0.3, 0.4) is 0 Å². The van der Waals surface area contributed by atoms with Gasteiger partial charge in [-0.2, -0.15) is 6.92 Å². The topological polar surface area (TPSA) is 0 Å². The summed E-state index contributed by atoms with van der Waals surface area (Å²) >= 11 is 0. The van der Waals surface area contributed by atoms with Gasteiger partial charge in [0.15, 0.2) is 0 Å². The molecule has 0 N–H and O–H groups in total. The predicted octanol–water partition coefficient (Wildman–Crippen LogP) is 14.0. The molecule has 0 spiro atoms. The number of hydrogen-bond donors (Lipinski definition) is 0. The van der Waals surface area contributed by atoms with Crippen LogP contribution in [0.25, 0.3) is 6.08 Å². The number of benzene rings is 2. The Morgan fingerprint density at radius 3 is 1.62 bits per heavy atom. The molecule has 4 saturated carbocycles. The van der Waals surface area contributed by atoms with Crippen LogP contribution in [-0.4, -0.2) is 6.71 Å². The van der Waals surface area contributed by atoms with Crippen molar-refractivity contribution in [2.24, 2.45) is 41.4 Å². The second-order valence-corrected chi connectivity index (χ2v) is 15.8. The summed E-state index contributed by atoms with van der Waals surface area (Å²) in [7, 11) is 0. The largest absolute Gasteiger partial charge is 4.00 e. The minimum absolute atomic E-state index is 0. The third-order valence-corrected chi connectivity index (χ3v) is 12.7. The minimum Gasteiger partial charge on any atom is -0.358 e. The number of fused-ring (bicyclic) bond motifs is 2. The summed E-state index contributed by atoms with van der Waals surface area (Å²) in [4.78, 5) is 0. The van der Waals surface area contributed by atoms with Crippen LogP contribution in [0.2, 0.25) is 18.5 Å².